The smallest absolute Gasteiger partial charge is 0.274 e. The van der Waals surface area contributed by atoms with Crippen molar-refractivity contribution in [1.29, 1.82) is 0 Å². The number of nitrogens with one attached hydrogen (secondary N) is 1. The maximum atomic E-state index is 12.8. The number of fused-ring (bicyclic) bond motifs is 1. The third-order valence-corrected chi connectivity index (χ3v) is 5.10. The standard InChI is InChI=1S/C22H24N4O.2ClH/c1-2-25-12-14-26(15-13-25)21-19-11-7-6-8-17(19)16-20(24-21)22(27)23-18-9-4-3-5-10-18;;/h3-11,16H,2,12-15H2,1H3,(H,23,27);2*1H. The molecule has 1 aliphatic heterocycles. The van der Waals surface area contributed by atoms with Crippen LogP contribution in [0.3, 0.4) is 0 Å². The van der Waals surface area contributed by atoms with Crippen LogP contribution in [0.25, 0.3) is 10.8 Å². The number of para-hydroxylation sites is 1. The van der Waals surface area contributed by atoms with Crippen LogP contribution in [0.5, 0.6) is 0 Å². The van der Waals surface area contributed by atoms with E-state index < -0.39 is 0 Å². The molecule has 0 saturated carbocycles. The predicted octanol–water partition coefficient (Wildman–Crippen LogP) is 4.47. The minimum Gasteiger partial charge on any atom is -0.354 e. The molecule has 3 aromatic rings. The average molecular weight is 433 g/mol. The highest BCUT2D eigenvalue weighted by molar-refractivity contribution is 6.06. The van der Waals surface area contributed by atoms with Gasteiger partial charge in [0.25, 0.3) is 5.91 Å². The summed E-state index contributed by atoms with van der Waals surface area (Å²) in [6.45, 7) is 7.16. The summed E-state index contributed by atoms with van der Waals surface area (Å²) in [5, 5.41) is 5.08. The summed E-state index contributed by atoms with van der Waals surface area (Å²) in [6.07, 6.45) is 0. The average Bonchev–Trinajstić information content (AvgIpc) is 2.73. The van der Waals surface area contributed by atoms with Crippen molar-refractivity contribution in [2.24, 2.45) is 0 Å². The Balaban J connectivity index is 0.00000150. The number of pyridine rings is 1. The first-order chi connectivity index (χ1) is 13.2. The number of carbonyl (C=O) groups excluding carboxylic acids is 1. The van der Waals surface area contributed by atoms with Crippen molar-refractivity contribution < 1.29 is 4.79 Å². The van der Waals surface area contributed by atoms with Gasteiger partial charge in [-0.1, -0.05) is 49.4 Å². The van der Waals surface area contributed by atoms with Gasteiger partial charge in [-0.15, -0.1) is 24.8 Å². The topological polar surface area (TPSA) is 48.5 Å². The van der Waals surface area contributed by atoms with E-state index in [0.29, 0.717) is 5.69 Å². The van der Waals surface area contributed by atoms with Crippen LogP contribution in [0.4, 0.5) is 11.5 Å². The Morgan fingerprint density at radius 1 is 0.966 bits per heavy atom. The highest BCUT2D eigenvalue weighted by atomic mass is 35.5. The van der Waals surface area contributed by atoms with Crippen LogP contribution >= 0.6 is 24.8 Å². The first-order valence-electron chi connectivity index (χ1n) is 9.48. The van der Waals surface area contributed by atoms with Gasteiger partial charge in [0.1, 0.15) is 11.5 Å². The molecule has 2 aromatic carbocycles. The minimum atomic E-state index is -0.180. The van der Waals surface area contributed by atoms with E-state index in [1.54, 1.807) is 0 Å². The number of carbonyl (C=O) groups is 1. The van der Waals surface area contributed by atoms with E-state index >= 15 is 0 Å². The quantitative estimate of drug-likeness (QED) is 0.660. The number of likely N-dealkylation sites (N-methyl/N-ethyl adjacent to an activating group) is 1. The highest BCUT2D eigenvalue weighted by Crippen LogP contribution is 2.27. The molecule has 1 amide bonds. The van der Waals surface area contributed by atoms with Gasteiger partial charge in [0.2, 0.25) is 0 Å². The molecule has 1 N–H and O–H groups in total. The molecule has 0 spiro atoms. The van der Waals surface area contributed by atoms with E-state index in [1.807, 2.05) is 54.6 Å². The van der Waals surface area contributed by atoms with Crippen molar-refractivity contribution >= 4 is 53.0 Å². The van der Waals surface area contributed by atoms with Crippen LogP contribution in [0.15, 0.2) is 60.7 Å². The van der Waals surface area contributed by atoms with Gasteiger partial charge < -0.3 is 15.1 Å². The lowest BCUT2D eigenvalue weighted by atomic mass is 10.1. The maximum absolute atomic E-state index is 12.8. The van der Waals surface area contributed by atoms with Crippen LogP contribution in [0.2, 0.25) is 0 Å². The second-order valence-electron chi connectivity index (χ2n) is 6.79. The van der Waals surface area contributed by atoms with Gasteiger partial charge in [0.15, 0.2) is 0 Å². The lowest BCUT2D eigenvalue weighted by Crippen LogP contribution is -2.46. The molecule has 1 aromatic heterocycles. The summed E-state index contributed by atoms with van der Waals surface area (Å²) in [5.41, 5.74) is 1.22. The van der Waals surface area contributed by atoms with Crippen molar-refractivity contribution in [3.63, 3.8) is 0 Å². The van der Waals surface area contributed by atoms with E-state index in [-0.39, 0.29) is 30.7 Å². The monoisotopic (exact) mass is 432 g/mol. The van der Waals surface area contributed by atoms with E-state index in [4.69, 9.17) is 4.98 Å². The van der Waals surface area contributed by atoms with Crippen LogP contribution in [-0.2, 0) is 0 Å². The normalized spacial score (nSPS) is 14.0. The first-order valence-corrected chi connectivity index (χ1v) is 9.48. The Hall–Kier alpha value is -2.34. The molecule has 1 aliphatic rings. The molecule has 0 bridgehead atoms. The van der Waals surface area contributed by atoms with E-state index in [1.165, 1.54) is 0 Å². The Kier molecular flexibility index (Phi) is 8.26. The van der Waals surface area contributed by atoms with E-state index in [0.717, 1.165) is 55.0 Å². The number of rotatable bonds is 4. The third-order valence-electron chi connectivity index (χ3n) is 5.10. The maximum Gasteiger partial charge on any atom is 0.274 e. The lowest BCUT2D eigenvalue weighted by molar-refractivity contribution is 0.102. The van der Waals surface area contributed by atoms with Crippen LogP contribution in [0.1, 0.15) is 17.4 Å². The zero-order valence-electron chi connectivity index (χ0n) is 16.4. The van der Waals surface area contributed by atoms with Gasteiger partial charge in [0, 0.05) is 37.3 Å². The minimum absolute atomic E-state index is 0. The Bertz CT molecular complexity index is 944. The number of hydrogen-bond donors (Lipinski definition) is 1. The highest BCUT2D eigenvalue weighted by Gasteiger charge is 2.21. The molecule has 2 heterocycles. The van der Waals surface area contributed by atoms with Crippen LogP contribution in [-0.4, -0.2) is 48.5 Å². The fourth-order valence-electron chi connectivity index (χ4n) is 3.53. The van der Waals surface area contributed by atoms with Crippen molar-refractivity contribution in [1.82, 2.24) is 9.88 Å². The number of halogens is 2. The summed E-state index contributed by atoms with van der Waals surface area (Å²) in [4.78, 5) is 22.3. The SMILES string of the molecule is CCN1CCN(c2nc(C(=O)Nc3ccccc3)cc3ccccc23)CC1.Cl.Cl. The number of benzene rings is 2. The number of nitrogens with zero attached hydrogens (tertiary/aromatic N) is 3. The van der Waals surface area contributed by atoms with E-state index in [2.05, 4.69) is 28.1 Å². The predicted molar refractivity (Wildman–Crippen MR) is 125 cm³/mol. The Morgan fingerprint density at radius 2 is 1.62 bits per heavy atom. The Labute approximate surface area is 183 Å². The number of aromatic nitrogens is 1. The summed E-state index contributed by atoms with van der Waals surface area (Å²) in [5.74, 6) is 0.725. The summed E-state index contributed by atoms with van der Waals surface area (Å²) < 4.78 is 0. The summed E-state index contributed by atoms with van der Waals surface area (Å²) in [7, 11) is 0. The lowest BCUT2D eigenvalue weighted by Gasteiger charge is -2.35. The molecule has 154 valence electrons. The summed E-state index contributed by atoms with van der Waals surface area (Å²) >= 11 is 0. The molecule has 0 radical (unpaired) electrons. The van der Waals surface area contributed by atoms with Crippen LogP contribution in [0, 0.1) is 0 Å². The second-order valence-corrected chi connectivity index (χ2v) is 6.79. The molecular weight excluding hydrogens is 407 g/mol. The van der Waals surface area contributed by atoms with Crippen molar-refractivity contribution in [2.45, 2.75) is 6.92 Å². The number of hydrogen-bond acceptors (Lipinski definition) is 4. The molecule has 1 fully saturated rings. The molecule has 7 heteroatoms. The van der Waals surface area contributed by atoms with Gasteiger partial charge >= 0.3 is 0 Å². The van der Waals surface area contributed by atoms with E-state index in [9.17, 15) is 4.79 Å². The zero-order valence-corrected chi connectivity index (χ0v) is 18.0. The van der Waals surface area contributed by atoms with Crippen molar-refractivity contribution in [3.05, 3.63) is 66.4 Å². The van der Waals surface area contributed by atoms with Crippen molar-refractivity contribution in [2.75, 3.05) is 42.9 Å². The molecular formula is C22H26Cl2N4O. The zero-order chi connectivity index (χ0) is 18.6. The number of piperazine rings is 1. The molecule has 1 saturated heterocycles. The van der Waals surface area contributed by atoms with Gasteiger partial charge in [-0.05, 0) is 30.1 Å². The van der Waals surface area contributed by atoms with Crippen molar-refractivity contribution in [3.8, 4) is 0 Å². The van der Waals surface area contributed by atoms with Gasteiger partial charge in [-0.25, -0.2) is 4.98 Å². The van der Waals surface area contributed by atoms with Crippen LogP contribution < -0.4 is 10.2 Å². The summed E-state index contributed by atoms with van der Waals surface area (Å²) in [6, 6.07) is 19.5. The van der Waals surface area contributed by atoms with Gasteiger partial charge in [-0.2, -0.15) is 0 Å². The fraction of sp³-hybridized carbons (Fsp3) is 0.273. The molecule has 0 atom stereocenters. The molecule has 29 heavy (non-hydrogen) atoms. The van der Waals surface area contributed by atoms with Gasteiger partial charge in [-0.3, -0.25) is 4.79 Å². The fourth-order valence-corrected chi connectivity index (χ4v) is 3.53. The Morgan fingerprint density at radius 3 is 2.31 bits per heavy atom. The molecule has 4 rings (SSSR count). The second kappa shape index (κ2) is 10.4. The van der Waals surface area contributed by atoms with Gasteiger partial charge in [0.05, 0.1) is 0 Å². The molecule has 0 aliphatic carbocycles. The first kappa shape index (κ1) is 22.9. The molecule has 0 unspecified atom stereocenters. The third kappa shape index (κ3) is 5.18. The molecule has 5 nitrogen and oxygen atoms in total. The number of amides is 1. The largest absolute Gasteiger partial charge is 0.354 e. The number of anilines is 2.